The lowest BCUT2D eigenvalue weighted by atomic mass is 10.0. The average Bonchev–Trinajstić information content (AvgIpc) is 3.17. The van der Waals surface area contributed by atoms with Gasteiger partial charge >= 0.3 is 0 Å². The Labute approximate surface area is 120 Å². The molecule has 2 atom stereocenters. The standard InChI is InChI=1S/C16H24N2O2/c1-12-8-9-17-15(12)16(19)18(13-5-2-3-6-13)11-14-7-4-10-20-14/h4,7,10,12-13,15,17H,2-3,5-6,8-9,11H2,1H3. The fourth-order valence-corrected chi connectivity index (χ4v) is 3.52. The maximum atomic E-state index is 12.9. The molecule has 4 heteroatoms. The highest BCUT2D eigenvalue weighted by molar-refractivity contribution is 5.82. The minimum Gasteiger partial charge on any atom is -0.467 e. The molecule has 20 heavy (non-hydrogen) atoms. The van der Waals surface area contributed by atoms with Crippen LogP contribution in [0.25, 0.3) is 0 Å². The minimum atomic E-state index is -0.00874. The Bertz CT molecular complexity index is 437. The molecule has 0 aromatic carbocycles. The van der Waals surface area contributed by atoms with Crippen molar-refractivity contribution in [1.82, 2.24) is 10.2 Å². The van der Waals surface area contributed by atoms with Gasteiger partial charge in [0.1, 0.15) is 5.76 Å². The van der Waals surface area contributed by atoms with E-state index >= 15 is 0 Å². The molecule has 0 spiro atoms. The van der Waals surface area contributed by atoms with E-state index in [-0.39, 0.29) is 11.9 Å². The molecular weight excluding hydrogens is 252 g/mol. The Hall–Kier alpha value is -1.29. The van der Waals surface area contributed by atoms with Crippen molar-refractivity contribution in [3.05, 3.63) is 24.2 Å². The maximum absolute atomic E-state index is 12.9. The van der Waals surface area contributed by atoms with E-state index in [1.807, 2.05) is 12.1 Å². The molecule has 2 heterocycles. The van der Waals surface area contributed by atoms with Gasteiger partial charge < -0.3 is 14.6 Å². The van der Waals surface area contributed by atoms with Crippen molar-refractivity contribution in [1.29, 1.82) is 0 Å². The lowest BCUT2D eigenvalue weighted by molar-refractivity contribution is -0.137. The summed E-state index contributed by atoms with van der Waals surface area (Å²) in [4.78, 5) is 15.0. The SMILES string of the molecule is CC1CCNC1C(=O)N(Cc1ccco1)C1CCCC1. The third-order valence-electron chi connectivity index (χ3n) is 4.75. The van der Waals surface area contributed by atoms with Gasteiger partial charge in [-0.05, 0) is 43.9 Å². The maximum Gasteiger partial charge on any atom is 0.240 e. The number of hydrogen-bond donors (Lipinski definition) is 1. The molecule has 0 radical (unpaired) electrons. The van der Waals surface area contributed by atoms with E-state index in [1.54, 1.807) is 6.26 Å². The number of furan rings is 1. The predicted molar refractivity (Wildman–Crippen MR) is 77.1 cm³/mol. The summed E-state index contributed by atoms with van der Waals surface area (Å²) in [5.41, 5.74) is 0. The number of hydrogen-bond acceptors (Lipinski definition) is 3. The molecule has 2 unspecified atom stereocenters. The smallest absolute Gasteiger partial charge is 0.240 e. The van der Waals surface area contributed by atoms with E-state index in [0.29, 0.717) is 18.5 Å². The number of amides is 1. The van der Waals surface area contributed by atoms with Crippen LogP contribution in [0.15, 0.2) is 22.8 Å². The van der Waals surface area contributed by atoms with Crippen LogP contribution in [-0.4, -0.2) is 29.4 Å². The Morgan fingerprint density at radius 1 is 1.40 bits per heavy atom. The first-order valence-corrected chi connectivity index (χ1v) is 7.82. The highest BCUT2D eigenvalue weighted by atomic mass is 16.3. The predicted octanol–water partition coefficient (Wildman–Crippen LogP) is 2.55. The summed E-state index contributed by atoms with van der Waals surface area (Å²) >= 11 is 0. The van der Waals surface area contributed by atoms with Crippen molar-refractivity contribution in [2.24, 2.45) is 5.92 Å². The molecule has 4 nitrogen and oxygen atoms in total. The summed E-state index contributed by atoms with van der Waals surface area (Å²) in [6.07, 6.45) is 7.51. The Balaban J connectivity index is 1.75. The first kappa shape index (κ1) is 13.7. The third-order valence-corrected chi connectivity index (χ3v) is 4.75. The normalized spacial score (nSPS) is 27.1. The molecule has 1 saturated carbocycles. The van der Waals surface area contributed by atoms with Crippen LogP contribution in [0.5, 0.6) is 0 Å². The van der Waals surface area contributed by atoms with Crippen LogP contribution in [-0.2, 0) is 11.3 Å². The van der Waals surface area contributed by atoms with Crippen molar-refractivity contribution in [3.8, 4) is 0 Å². The molecule has 1 saturated heterocycles. The largest absolute Gasteiger partial charge is 0.467 e. The third kappa shape index (κ3) is 2.75. The molecule has 2 fully saturated rings. The Kier molecular flexibility index (Phi) is 4.10. The Morgan fingerprint density at radius 3 is 2.80 bits per heavy atom. The summed E-state index contributed by atoms with van der Waals surface area (Å²) in [7, 11) is 0. The second kappa shape index (κ2) is 6.00. The number of rotatable bonds is 4. The minimum absolute atomic E-state index is 0.00874. The first-order chi connectivity index (χ1) is 9.75. The van der Waals surface area contributed by atoms with Crippen LogP contribution in [0, 0.1) is 5.92 Å². The van der Waals surface area contributed by atoms with E-state index in [0.717, 1.165) is 31.6 Å². The van der Waals surface area contributed by atoms with Crippen LogP contribution in [0.4, 0.5) is 0 Å². The lowest BCUT2D eigenvalue weighted by Crippen LogP contribution is -2.49. The monoisotopic (exact) mass is 276 g/mol. The second-order valence-electron chi connectivity index (χ2n) is 6.18. The van der Waals surface area contributed by atoms with Gasteiger partial charge in [-0.15, -0.1) is 0 Å². The van der Waals surface area contributed by atoms with E-state index in [2.05, 4.69) is 17.1 Å². The number of nitrogens with zero attached hydrogens (tertiary/aromatic N) is 1. The topological polar surface area (TPSA) is 45.5 Å². The van der Waals surface area contributed by atoms with Crippen LogP contribution in [0.2, 0.25) is 0 Å². The van der Waals surface area contributed by atoms with Gasteiger partial charge in [0, 0.05) is 6.04 Å². The molecule has 1 amide bonds. The summed E-state index contributed by atoms with van der Waals surface area (Å²) in [6.45, 7) is 3.74. The van der Waals surface area contributed by atoms with Gasteiger partial charge in [0.15, 0.2) is 0 Å². The molecule has 2 aliphatic rings. The van der Waals surface area contributed by atoms with E-state index < -0.39 is 0 Å². The van der Waals surface area contributed by atoms with Crippen molar-refractivity contribution in [3.63, 3.8) is 0 Å². The number of carbonyl (C=O) groups is 1. The summed E-state index contributed by atoms with van der Waals surface area (Å²) < 4.78 is 5.45. The molecule has 1 aromatic rings. The van der Waals surface area contributed by atoms with Crippen molar-refractivity contribution in [2.45, 2.75) is 57.7 Å². The quantitative estimate of drug-likeness (QED) is 0.919. The van der Waals surface area contributed by atoms with Gasteiger partial charge in [-0.1, -0.05) is 19.8 Å². The molecule has 110 valence electrons. The highest BCUT2D eigenvalue weighted by Crippen LogP contribution is 2.27. The zero-order chi connectivity index (χ0) is 13.9. The van der Waals surface area contributed by atoms with Crippen LogP contribution in [0.3, 0.4) is 0 Å². The molecule has 1 aliphatic heterocycles. The lowest BCUT2D eigenvalue weighted by Gasteiger charge is -2.31. The van der Waals surface area contributed by atoms with Crippen LogP contribution < -0.4 is 5.32 Å². The van der Waals surface area contributed by atoms with Gasteiger partial charge in [0.05, 0.1) is 18.8 Å². The summed E-state index contributed by atoms with van der Waals surface area (Å²) in [5.74, 6) is 1.58. The van der Waals surface area contributed by atoms with Crippen LogP contribution in [0.1, 0.15) is 44.8 Å². The van der Waals surface area contributed by atoms with Gasteiger partial charge in [-0.2, -0.15) is 0 Å². The van der Waals surface area contributed by atoms with Crippen molar-refractivity contribution < 1.29 is 9.21 Å². The zero-order valence-electron chi connectivity index (χ0n) is 12.2. The molecule has 0 bridgehead atoms. The summed E-state index contributed by atoms with van der Waals surface area (Å²) in [6, 6.07) is 4.23. The first-order valence-electron chi connectivity index (χ1n) is 7.82. The molecule has 1 aromatic heterocycles. The van der Waals surface area contributed by atoms with Crippen molar-refractivity contribution in [2.75, 3.05) is 6.54 Å². The fraction of sp³-hybridized carbons (Fsp3) is 0.688. The second-order valence-corrected chi connectivity index (χ2v) is 6.18. The van der Waals surface area contributed by atoms with Crippen molar-refractivity contribution >= 4 is 5.91 Å². The fourth-order valence-electron chi connectivity index (χ4n) is 3.52. The van der Waals surface area contributed by atoms with Gasteiger partial charge in [-0.3, -0.25) is 4.79 Å². The molecule has 3 rings (SSSR count). The highest BCUT2D eigenvalue weighted by Gasteiger charge is 2.36. The number of carbonyl (C=O) groups excluding carboxylic acids is 1. The summed E-state index contributed by atoms with van der Waals surface area (Å²) in [5, 5.41) is 3.37. The van der Waals surface area contributed by atoms with Gasteiger partial charge in [-0.25, -0.2) is 0 Å². The zero-order valence-corrected chi connectivity index (χ0v) is 12.2. The Morgan fingerprint density at radius 2 is 2.20 bits per heavy atom. The van der Waals surface area contributed by atoms with E-state index in [4.69, 9.17) is 4.42 Å². The van der Waals surface area contributed by atoms with Crippen LogP contribution >= 0.6 is 0 Å². The molecule has 1 aliphatic carbocycles. The van der Waals surface area contributed by atoms with Gasteiger partial charge in [0.25, 0.3) is 0 Å². The van der Waals surface area contributed by atoms with E-state index in [1.165, 1.54) is 12.8 Å². The molecule has 1 N–H and O–H groups in total. The number of nitrogens with one attached hydrogen (secondary N) is 1. The average molecular weight is 276 g/mol. The molecular formula is C16H24N2O2. The van der Waals surface area contributed by atoms with Gasteiger partial charge in [0.2, 0.25) is 5.91 Å². The van der Waals surface area contributed by atoms with E-state index in [9.17, 15) is 4.79 Å².